The largest absolute Gasteiger partial charge is 0.460 e. The van der Waals surface area contributed by atoms with Gasteiger partial charge in [-0.25, -0.2) is 0 Å². The van der Waals surface area contributed by atoms with Crippen LogP contribution in [0.5, 0.6) is 0 Å². The molecule has 1 aromatic heterocycles. The average Bonchev–Trinajstić information content (AvgIpc) is 3.02. The lowest BCUT2D eigenvalue weighted by molar-refractivity contribution is -0.145. The predicted molar refractivity (Wildman–Crippen MR) is 91.3 cm³/mol. The maximum atomic E-state index is 12.0. The summed E-state index contributed by atoms with van der Waals surface area (Å²) >= 11 is 0. The van der Waals surface area contributed by atoms with Crippen LogP contribution >= 0.6 is 0 Å². The number of hydrogen-bond acceptors (Lipinski definition) is 3. The van der Waals surface area contributed by atoms with Crippen LogP contribution in [0.4, 0.5) is 0 Å². The first-order chi connectivity index (χ1) is 11.7. The van der Waals surface area contributed by atoms with Crippen molar-refractivity contribution in [3.8, 4) is 0 Å². The van der Waals surface area contributed by atoms with E-state index in [-0.39, 0.29) is 25.5 Å². The quantitative estimate of drug-likeness (QED) is 0.685. The number of carbonyl (C=O) groups excluding carboxylic acids is 2. The van der Waals surface area contributed by atoms with Gasteiger partial charge in [-0.05, 0) is 17.2 Å². The third kappa shape index (κ3) is 4.01. The summed E-state index contributed by atoms with van der Waals surface area (Å²) in [5.41, 5.74) is 2.80. The van der Waals surface area contributed by atoms with Gasteiger partial charge in [0, 0.05) is 17.1 Å². The number of ether oxygens (including phenoxy) is 1. The number of amides is 1. The molecule has 0 aliphatic rings. The first-order valence-electron chi connectivity index (χ1n) is 7.73. The van der Waals surface area contributed by atoms with Crippen molar-refractivity contribution in [2.75, 3.05) is 6.54 Å². The van der Waals surface area contributed by atoms with Gasteiger partial charge in [-0.2, -0.15) is 0 Å². The zero-order valence-corrected chi connectivity index (χ0v) is 13.1. The number of H-pyrrole nitrogens is 1. The minimum Gasteiger partial charge on any atom is -0.460 e. The maximum absolute atomic E-state index is 12.0. The molecule has 2 N–H and O–H groups in total. The minimum absolute atomic E-state index is 0.131. The van der Waals surface area contributed by atoms with Gasteiger partial charge in [-0.3, -0.25) is 9.59 Å². The number of aromatic nitrogens is 1. The van der Waals surface area contributed by atoms with Gasteiger partial charge in [0.1, 0.15) is 13.2 Å². The van der Waals surface area contributed by atoms with Crippen molar-refractivity contribution < 1.29 is 14.3 Å². The maximum Gasteiger partial charge on any atom is 0.325 e. The molecule has 0 spiro atoms. The summed E-state index contributed by atoms with van der Waals surface area (Å²) in [7, 11) is 0. The molecule has 0 aliphatic carbocycles. The van der Waals surface area contributed by atoms with Crippen LogP contribution in [0, 0.1) is 0 Å². The third-order valence-electron chi connectivity index (χ3n) is 3.70. The molecule has 0 bridgehead atoms. The molecule has 1 heterocycles. The van der Waals surface area contributed by atoms with Crippen LogP contribution in [0.1, 0.15) is 11.1 Å². The lowest BCUT2D eigenvalue weighted by atomic mass is 10.1. The molecule has 0 atom stereocenters. The van der Waals surface area contributed by atoms with Crippen LogP contribution in [0.3, 0.4) is 0 Å². The lowest BCUT2D eigenvalue weighted by Gasteiger charge is -2.06. The molecule has 122 valence electrons. The highest BCUT2D eigenvalue weighted by Gasteiger charge is 2.10. The van der Waals surface area contributed by atoms with Gasteiger partial charge in [0.25, 0.3) is 0 Å². The summed E-state index contributed by atoms with van der Waals surface area (Å²) in [5.74, 6) is -0.664. The van der Waals surface area contributed by atoms with Crippen molar-refractivity contribution in [1.29, 1.82) is 0 Å². The van der Waals surface area contributed by atoms with E-state index in [9.17, 15) is 9.59 Å². The van der Waals surface area contributed by atoms with E-state index < -0.39 is 5.97 Å². The smallest absolute Gasteiger partial charge is 0.325 e. The number of carbonyl (C=O) groups is 2. The first kappa shape index (κ1) is 15.8. The topological polar surface area (TPSA) is 71.2 Å². The highest BCUT2D eigenvalue weighted by molar-refractivity contribution is 5.90. The number of aromatic amines is 1. The van der Waals surface area contributed by atoms with Crippen LogP contribution in [-0.4, -0.2) is 23.4 Å². The molecule has 2 aromatic carbocycles. The van der Waals surface area contributed by atoms with E-state index in [1.165, 1.54) is 0 Å². The van der Waals surface area contributed by atoms with Crippen LogP contribution in [0.15, 0.2) is 60.8 Å². The highest BCUT2D eigenvalue weighted by Crippen LogP contribution is 2.17. The summed E-state index contributed by atoms with van der Waals surface area (Å²) in [6.07, 6.45) is 2.04. The molecule has 0 aliphatic heterocycles. The SMILES string of the molecule is O=C(Cc1c[nH]c2ccccc12)NCC(=O)OCc1ccccc1. The van der Waals surface area contributed by atoms with Crippen molar-refractivity contribution in [3.05, 3.63) is 71.9 Å². The number of hydrogen-bond donors (Lipinski definition) is 2. The Balaban J connectivity index is 1.46. The number of esters is 1. The van der Waals surface area contributed by atoms with Crippen molar-refractivity contribution in [1.82, 2.24) is 10.3 Å². The summed E-state index contributed by atoms with van der Waals surface area (Å²) in [6.45, 7) is 0.0754. The van der Waals surface area contributed by atoms with Crippen LogP contribution in [-0.2, 0) is 27.4 Å². The first-order valence-corrected chi connectivity index (χ1v) is 7.73. The number of para-hydroxylation sites is 1. The normalized spacial score (nSPS) is 10.5. The van der Waals surface area contributed by atoms with E-state index in [4.69, 9.17) is 4.74 Å². The Morgan fingerprint density at radius 3 is 2.58 bits per heavy atom. The van der Waals surface area contributed by atoms with Crippen LogP contribution in [0.2, 0.25) is 0 Å². The lowest BCUT2D eigenvalue weighted by Crippen LogP contribution is -2.31. The Morgan fingerprint density at radius 2 is 1.75 bits per heavy atom. The summed E-state index contributed by atoms with van der Waals surface area (Å²) in [6, 6.07) is 17.2. The molecular weight excluding hydrogens is 304 g/mol. The average molecular weight is 322 g/mol. The second-order valence-electron chi connectivity index (χ2n) is 5.46. The Hall–Kier alpha value is -3.08. The molecule has 0 saturated carbocycles. The number of rotatable bonds is 6. The van der Waals surface area contributed by atoms with E-state index in [1.807, 2.05) is 60.8 Å². The molecule has 0 fully saturated rings. The zero-order valence-electron chi connectivity index (χ0n) is 13.1. The molecule has 0 saturated heterocycles. The summed E-state index contributed by atoms with van der Waals surface area (Å²) in [4.78, 5) is 26.8. The number of fused-ring (bicyclic) bond motifs is 1. The second kappa shape index (κ2) is 7.46. The summed E-state index contributed by atoms with van der Waals surface area (Å²) in [5, 5.41) is 3.61. The fourth-order valence-corrected chi connectivity index (χ4v) is 2.47. The Labute approximate surface area is 139 Å². The van der Waals surface area contributed by atoms with Gasteiger partial charge in [-0.15, -0.1) is 0 Å². The predicted octanol–water partition coefficient (Wildman–Crippen LogP) is 2.57. The molecular formula is C19H18N2O3. The molecule has 5 nitrogen and oxygen atoms in total. The fraction of sp³-hybridized carbons (Fsp3) is 0.158. The van der Waals surface area contributed by atoms with Gasteiger partial charge in [-0.1, -0.05) is 48.5 Å². The van der Waals surface area contributed by atoms with Crippen molar-refractivity contribution >= 4 is 22.8 Å². The monoisotopic (exact) mass is 322 g/mol. The Kier molecular flexibility index (Phi) is 4.91. The summed E-state index contributed by atoms with van der Waals surface area (Å²) < 4.78 is 5.12. The molecule has 1 amide bonds. The minimum atomic E-state index is -0.453. The number of nitrogens with one attached hydrogen (secondary N) is 2. The van der Waals surface area contributed by atoms with E-state index >= 15 is 0 Å². The van der Waals surface area contributed by atoms with Gasteiger partial charge in [0.2, 0.25) is 5.91 Å². The van der Waals surface area contributed by atoms with Gasteiger partial charge in [0.15, 0.2) is 0 Å². The van der Waals surface area contributed by atoms with Crippen molar-refractivity contribution in [2.24, 2.45) is 0 Å². The molecule has 5 heteroatoms. The van der Waals surface area contributed by atoms with E-state index in [1.54, 1.807) is 0 Å². The third-order valence-corrected chi connectivity index (χ3v) is 3.70. The highest BCUT2D eigenvalue weighted by atomic mass is 16.5. The van der Waals surface area contributed by atoms with E-state index in [0.717, 1.165) is 22.0 Å². The van der Waals surface area contributed by atoms with E-state index in [0.29, 0.717) is 0 Å². The van der Waals surface area contributed by atoms with Crippen LogP contribution in [0.25, 0.3) is 10.9 Å². The molecule has 3 rings (SSSR count). The van der Waals surface area contributed by atoms with Crippen molar-refractivity contribution in [3.63, 3.8) is 0 Å². The van der Waals surface area contributed by atoms with Crippen molar-refractivity contribution in [2.45, 2.75) is 13.0 Å². The van der Waals surface area contributed by atoms with Gasteiger partial charge >= 0.3 is 5.97 Å². The fourth-order valence-electron chi connectivity index (χ4n) is 2.47. The second-order valence-corrected chi connectivity index (χ2v) is 5.46. The molecule has 0 unspecified atom stereocenters. The number of benzene rings is 2. The van der Waals surface area contributed by atoms with E-state index in [2.05, 4.69) is 10.3 Å². The van der Waals surface area contributed by atoms with Crippen LogP contribution < -0.4 is 5.32 Å². The standard InChI is InChI=1S/C19H18N2O3/c22-18(10-15-11-20-17-9-5-4-8-16(15)17)21-12-19(23)24-13-14-6-2-1-3-7-14/h1-9,11,20H,10,12-13H2,(H,21,22). The zero-order chi connectivity index (χ0) is 16.8. The van der Waals surface area contributed by atoms with Gasteiger partial charge < -0.3 is 15.0 Å². The molecule has 24 heavy (non-hydrogen) atoms. The molecule has 3 aromatic rings. The van der Waals surface area contributed by atoms with Gasteiger partial charge in [0.05, 0.1) is 6.42 Å². The molecule has 0 radical (unpaired) electrons. The Bertz CT molecular complexity index is 840. The Morgan fingerprint density at radius 1 is 1.00 bits per heavy atom.